The minimum atomic E-state index is 1.05. The zero-order valence-electron chi connectivity index (χ0n) is 27.5. The van der Waals surface area contributed by atoms with Crippen molar-refractivity contribution in [1.29, 1.82) is 0 Å². The Balaban J connectivity index is 1.41. The SMILES string of the molecule is c1ccc(-c2cc(-c3ccccc3)cc(-n3c4ccccc4c4c5c(c6ccccc6n5-c5ccccc5)c5sc6ncccc6c5c43)c2)cc1. The third-order valence-corrected chi connectivity index (χ3v) is 11.5. The topological polar surface area (TPSA) is 22.8 Å². The maximum Gasteiger partial charge on any atom is 0.124 e. The minimum Gasteiger partial charge on any atom is -0.308 e. The van der Waals surface area contributed by atoms with Crippen LogP contribution in [0.3, 0.4) is 0 Å². The van der Waals surface area contributed by atoms with Gasteiger partial charge < -0.3 is 9.13 Å². The van der Waals surface area contributed by atoms with Crippen LogP contribution in [0.5, 0.6) is 0 Å². The summed E-state index contributed by atoms with van der Waals surface area (Å²) in [5, 5.41) is 7.46. The Morgan fingerprint density at radius 1 is 0.392 bits per heavy atom. The summed E-state index contributed by atoms with van der Waals surface area (Å²) in [5.74, 6) is 0. The van der Waals surface area contributed by atoms with Crippen LogP contribution in [-0.4, -0.2) is 14.1 Å². The highest BCUT2D eigenvalue weighted by molar-refractivity contribution is 7.26. The Bertz CT molecular complexity index is 3060. The van der Waals surface area contributed by atoms with Gasteiger partial charge in [-0.3, -0.25) is 0 Å². The van der Waals surface area contributed by atoms with Crippen molar-refractivity contribution < 1.29 is 0 Å². The number of thiophene rings is 1. The van der Waals surface area contributed by atoms with Gasteiger partial charge in [0.05, 0.1) is 22.1 Å². The van der Waals surface area contributed by atoms with Gasteiger partial charge in [0.15, 0.2) is 0 Å². The average molecular weight is 668 g/mol. The Hall–Kier alpha value is -6.49. The number of hydrogen-bond acceptors (Lipinski definition) is 2. The second-order valence-electron chi connectivity index (χ2n) is 13.2. The van der Waals surface area contributed by atoms with E-state index in [2.05, 4.69) is 179 Å². The van der Waals surface area contributed by atoms with Crippen molar-refractivity contribution in [2.75, 3.05) is 0 Å². The number of rotatable bonds is 4. The van der Waals surface area contributed by atoms with Crippen LogP contribution in [0.15, 0.2) is 176 Å². The molecule has 4 aromatic heterocycles. The van der Waals surface area contributed by atoms with Crippen LogP contribution < -0.4 is 0 Å². The van der Waals surface area contributed by atoms with Crippen LogP contribution in [-0.2, 0) is 0 Å². The predicted octanol–water partition coefficient (Wildman–Crippen LogP) is 13.0. The number of fused-ring (bicyclic) bond motifs is 12. The molecule has 0 aliphatic heterocycles. The van der Waals surface area contributed by atoms with E-state index in [-0.39, 0.29) is 0 Å². The van der Waals surface area contributed by atoms with Gasteiger partial charge in [0, 0.05) is 54.6 Å². The molecule has 4 heteroatoms. The van der Waals surface area contributed by atoms with Gasteiger partial charge in [-0.05, 0) is 76.9 Å². The van der Waals surface area contributed by atoms with Crippen LogP contribution in [0.25, 0.3) is 97.5 Å². The molecular formula is C47H29N3S. The third kappa shape index (κ3) is 4.14. The van der Waals surface area contributed by atoms with Crippen LogP contribution >= 0.6 is 11.3 Å². The first-order valence-corrected chi connectivity index (χ1v) is 18.1. The molecule has 4 heterocycles. The highest BCUT2D eigenvalue weighted by Crippen LogP contribution is 2.51. The summed E-state index contributed by atoms with van der Waals surface area (Å²) < 4.78 is 6.28. The summed E-state index contributed by atoms with van der Waals surface area (Å²) in [6, 6.07) is 61.5. The first-order chi connectivity index (χ1) is 25.3. The molecule has 0 fully saturated rings. The van der Waals surface area contributed by atoms with Gasteiger partial charge in [-0.1, -0.05) is 115 Å². The van der Waals surface area contributed by atoms with Crippen molar-refractivity contribution in [3.63, 3.8) is 0 Å². The number of hydrogen-bond donors (Lipinski definition) is 0. The third-order valence-electron chi connectivity index (χ3n) is 10.3. The summed E-state index contributed by atoms with van der Waals surface area (Å²) in [4.78, 5) is 6.00. The quantitative estimate of drug-likeness (QED) is 0.183. The minimum absolute atomic E-state index is 1.05. The van der Waals surface area contributed by atoms with Gasteiger partial charge >= 0.3 is 0 Å². The summed E-state index contributed by atoms with van der Waals surface area (Å²) in [5.41, 5.74) is 11.9. The summed E-state index contributed by atoms with van der Waals surface area (Å²) in [6.07, 6.45) is 1.92. The van der Waals surface area contributed by atoms with Crippen LogP contribution in [0, 0.1) is 0 Å². The predicted molar refractivity (Wildman–Crippen MR) is 217 cm³/mol. The van der Waals surface area contributed by atoms with E-state index < -0.39 is 0 Å². The van der Waals surface area contributed by atoms with Gasteiger partial charge in [-0.2, -0.15) is 0 Å². The van der Waals surface area contributed by atoms with Gasteiger partial charge in [-0.25, -0.2) is 4.98 Å². The Morgan fingerprint density at radius 2 is 0.882 bits per heavy atom. The highest BCUT2D eigenvalue weighted by Gasteiger charge is 2.27. The fourth-order valence-corrected chi connectivity index (χ4v) is 9.42. The maximum atomic E-state index is 4.94. The lowest BCUT2D eigenvalue weighted by atomic mass is 9.98. The van der Waals surface area contributed by atoms with Crippen molar-refractivity contribution >= 4 is 75.3 Å². The molecule has 0 bridgehead atoms. The lowest BCUT2D eigenvalue weighted by Gasteiger charge is -2.15. The first-order valence-electron chi connectivity index (χ1n) is 17.3. The average Bonchev–Trinajstić information content (AvgIpc) is 3.87. The van der Waals surface area contributed by atoms with Gasteiger partial charge in [0.1, 0.15) is 4.83 Å². The molecular weight excluding hydrogens is 639 g/mol. The summed E-state index contributed by atoms with van der Waals surface area (Å²) in [6.45, 7) is 0. The van der Waals surface area contributed by atoms with E-state index >= 15 is 0 Å². The molecule has 11 rings (SSSR count). The first kappa shape index (κ1) is 28.4. The van der Waals surface area contributed by atoms with Gasteiger partial charge in [-0.15, -0.1) is 11.3 Å². The molecule has 7 aromatic carbocycles. The van der Waals surface area contributed by atoms with Crippen molar-refractivity contribution in [2.45, 2.75) is 0 Å². The van der Waals surface area contributed by atoms with E-state index in [1.165, 1.54) is 81.3 Å². The molecule has 3 nitrogen and oxygen atoms in total. The highest BCUT2D eigenvalue weighted by atomic mass is 32.1. The van der Waals surface area contributed by atoms with Crippen LogP contribution in [0.2, 0.25) is 0 Å². The summed E-state index contributed by atoms with van der Waals surface area (Å²) >= 11 is 1.81. The molecule has 0 aliphatic rings. The van der Waals surface area contributed by atoms with Crippen molar-refractivity contribution in [1.82, 2.24) is 14.1 Å². The van der Waals surface area contributed by atoms with Crippen molar-refractivity contribution in [2.24, 2.45) is 0 Å². The zero-order valence-corrected chi connectivity index (χ0v) is 28.3. The lowest BCUT2D eigenvalue weighted by molar-refractivity contribution is 1.18. The molecule has 0 unspecified atom stereocenters. The van der Waals surface area contributed by atoms with Gasteiger partial charge in [0.2, 0.25) is 0 Å². The number of para-hydroxylation sites is 3. The molecule has 0 N–H and O–H groups in total. The largest absolute Gasteiger partial charge is 0.308 e. The van der Waals surface area contributed by atoms with Crippen molar-refractivity contribution in [3.05, 3.63) is 176 Å². The number of nitrogens with zero attached hydrogens (tertiary/aromatic N) is 3. The van der Waals surface area contributed by atoms with E-state index in [9.17, 15) is 0 Å². The van der Waals surface area contributed by atoms with Crippen LogP contribution in [0.1, 0.15) is 0 Å². The summed E-state index contributed by atoms with van der Waals surface area (Å²) in [7, 11) is 0. The monoisotopic (exact) mass is 667 g/mol. The van der Waals surface area contributed by atoms with E-state index in [4.69, 9.17) is 4.98 Å². The number of aromatic nitrogens is 3. The molecule has 0 spiro atoms. The zero-order chi connectivity index (χ0) is 33.5. The standard InChI is InChI=1S/C47H29N3S/c1-4-15-30(16-5-1)32-27-33(31-17-6-2-7-18-31)29-35(28-32)50-39-24-12-10-21-36(39)41-44-42(46-43(45(41)50)38-23-14-26-48-47(38)51-46)37-22-11-13-25-40(37)49(44)34-19-8-3-9-20-34/h1-29H. The fraction of sp³-hybridized carbons (Fsp3) is 0. The van der Waals surface area contributed by atoms with Crippen molar-refractivity contribution in [3.8, 4) is 33.6 Å². The molecule has 0 aliphatic carbocycles. The Morgan fingerprint density at radius 3 is 1.51 bits per heavy atom. The molecule has 0 saturated carbocycles. The smallest absolute Gasteiger partial charge is 0.124 e. The molecule has 0 atom stereocenters. The molecule has 0 saturated heterocycles. The van der Waals surface area contributed by atoms with E-state index in [0.29, 0.717) is 0 Å². The Labute approximate surface area is 297 Å². The van der Waals surface area contributed by atoms with E-state index in [0.717, 1.165) is 16.2 Å². The molecule has 11 aromatic rings. The lowest BCUT2D eigenvalue weighted by Crippen LogP contribution is -1.97. The second kappa shape index (κ2) is 11.0. The maximum absolute atomic E-state index is 4.94. The van der Waals surface area contributed by atoms with E-state index in [1.54, 1.807) is 11.3 Å². The number of pyridine rings is 1. The molecule has 238 valence electrons. The van der Waals surface area contributed by atoms with E-state index in [1.807, 2.05) is 6.20 Å². The molecule has 0 amide bonds. The molecule has 51 heavy (non-hydrogen) atoms. The normalized spacial score (nSPS) is 11.9. The molecule has 0 radical (unpaired) electrons. The second-order valence-corrected chi connectivity index (χ2v) is 14.1. The van der Waals surface area contributed by atoms with Gasteiger partial charge in [0.25, 0.3) is 0 Å². The number of benzene rings is 7. The Kier molecular flexibility index (Phi) is 6.12. The fourth-order valence-electron chi connectivity index (χ4n) is 8.21. The van der Waals surface area contributed by atoms with Crippen LogP contribution in [0.4, 0.5) is 0 Å².